The van der Waals surface area contributed by atoms with Gasteiger partial charge in [-0.15, -0.1) is 0 Å². The number of hydrogen-bond acceptors (Lipinski definition) is 5. The molecule has 3 aromatic rings. The minimum atomic E-state index is -4.06. The summed E-state index contributed by atoms with van der Waals surface area (Å²) in [7, 11) is -4.06. The molecule has 7 heteroatoms. The maximum Gasteiger partial charge on any atom is 0.339 e. The minimum absolute atomic E-state index is 0.00130. The third kappa shape index (κ3) is 5.13. The number of anilines is 1. The molecule has 6 nitrogen and oxygen atoms in total. The Bertz CT molecular complexity index is 1230. The number of amides is 1. The third-order valence-corrected chi connectivity index (χ3v) is 5.37. The molecule has 30 heavy (non-hydrogen) atoms. The Hall–Kier alpha value is -3.89. The number of carbonyl (C=O) groups is 1. The standard InChI is InChI=1S/C23H18N2O4S/c1-17-11-13-20(14-12-17)25-23(26)19(16-24)15-18-7-5-6-10-22(18)29-30(27,28)21-8-3-2-4-9-21/h2-15H,1H3,(H,25,26)/b19-15+. The molecule has 1 N–H and O–H groups in total. The van der Waals surface area contributed by atoms with Gasteiger partial charge in [0.25, 0.3) is 5.91 Å². The lowest BCUT2D eigenvalue weighted by Crippen LogP contribution is -2.14. The maximum absolute atomic E-state index is 12.5. The van der Waals surface area contributed by atoms with Crippen LogP contribution in [0.1, 0.15) is 11.1 Å². The molecule has 0 aliphatic carbocycles. The average molecular weight is 418 g/mol. The third-order valence-electron chi connectivity index (χ3n) is 4.12. The van der Waals surface area contributed by atoms with Gasteiger partial charge < -0.3 is 9.50 Å². The molecule has 0 aromatic heterocycles. The summed E-state index contributed by atoms with van der Waals surface area (Å²) in [6.45, 7) is 1.92. The number of benzene rings is 3. The summed E-state index contributed by atoms with van der Waals surface area (Å²) in [5.74, 6) is -0.598. The van der Waals surface area contributed by atoms with Gasteiger partial charge in [-0.05, 0) is 43.3 Å². The topological polar surface area (TPSA) is 96.3 Å². The second-order valence-electron chi connectivity index (χ2n) is 6.38. The van der Waals surface area contributed by atoms with Crippen molar-refractivity contribution in [2.24, 2.45) is 0 Å². The van der Waals surface area contributed by atoms with Gasteiger partial charge in [-0.3, -0.25) is 4.79 Å². The summed E-state index contributed by atoms with van der Waals surface area (Å²) in [5.41, 5.74) is 1.68. The van der Waals surface area contributed by atoms with E-state index in [4.69, 9.17) is 4.18 Å². The first-order chi connectivity index (χ1) is 14.4. The number of nitriles is 1. The molecule has 3 aromatic carbocycles. The molecule has 3 rings (SSSR count). The van der Waals surface area contributed by atoms with Crippen molar-refractivity contribution in [3.05, 3.63) is 95.6 Å². The molecule has 0 heterocycles. The van der Waals surface area contributed by atoms with E-state index in [9.17, 15) is 18.5 Å². The van der Waals surface area contributed by atoms with Gasteiger partial charge in [-0.1, -0.05) is 54.1 Å². The Morgan fingerprint density at radius 1 is 0.967 bits per heavy atom. The van der Waals surface area contributed by atoms with Crippen molar-refractivity contribution >= 4 is 27.8 Å². The number of hydrogen-bond donors (Lipinski definition) is 1. The van der Waals surface area contributed by atoms with Crippen LogP contribution in [0.15, 0.2) is 89.3 Å². The van der Waals surface area contributed by atoms with E-state index in [1.807, 2.05) is 25.1 Å². The highest BCUT2D eigenvalue weighted by molar-refractivity contribution is 7.87. The summed E-state index contributed by atoms with van der Waals surface area (Å²) in [5, 5.41) is 12.1. The molecule has 1 amide bonds. The zero-order chi connectivity index (χ0) is 21.6. The summed E-state index contributed by atoms with van der Waals surface area (Å²) in [4.78, 5) is 12.5. The van der Waals surface area contributed by atoms with E-state index in [2.05, 4.69) is 5.32 Å². The second kappa shape index (κ2) is 9.07. The van der Waals surface area contributed by atoms with E-state index < -0.39 is 16.0 Å². The number of aryl methyl sites for hydroxylation is 1. The highest BCUT2D eigenvalue weighted by atomic mass is 32.2. The summed E-state index contributed by atoms with van der Waals surface area (Å²) < 4.78 is 30.3. The van der Waals surface area contributed by atoms with Crippen molar-refractivity contribution < 1.29 is 17.4 Å². The smallest absolute Gasteiger partial charge is 0.339 e. The zero-order valence-corrected chi connectivity index (χ0v) is 16.9. The maximum atomic E-state index is 12.5. The van der Waals surface area contributed by atoms with Crippen LogP contribution in [0.5, 0.6) is 5.75 Å². The molecular weight excluding hydrogens is 400 g/mol. The van der Waals surface area contributed by atoms with E-state index in [-0.39, 0.29) is 21.8 Å². The van der Waals surface area contributed by atoms with Gasteiger partial charge in [0.2, 0.25) is 0 Å². The van der Waals surface area contributed by atoms with Crippen LogP contribution in [0.2, 0.25) is 0 Å². The van der Waals surface area contributed by atoms with Crippen molar-refractivity contribution in [2.45, 2.75) is 11.8 Å². The van der Waals surface area contributed by atoms with Crippen molar-refractivity contribution in [3.8, 4) is 11.8 Å². The Morgan fingerprint density at radius 3 is 2.27 bits per heavy atom. The molecule has 0 fully saturated rings. The van der Waals surface area contributed by atoms with Gasteiger partial charge in [0.1, 0.15) is 22.3 Å². The molecule has 0 aliphatic heterocycles. The molecule has 0 atom stereocenters. The quantitative estimate of drug-likeness (QED) is 0.366. The van der Waals surface area contributed by atoms with Crippen LogP contribution in [-0.4, -0.2) is 14.3 Å². The monoisotopic (exact) mass is 418 g/mol. The lowest BCUT2D eigenvalue weighted by atomic mass is 10.1. The normalized spacial score (nSPS) is 11.4. The molecule has 0 saturated carbocycles. The van der Waals surface area contributed by atoms with Gasteiger partial charge >= 0.3 is 10.1 Å². The fourth-order valence-electron chi connectivity index (χ4n) is 2.57. The molecule has 0 spiro atoms. The van der Waals surface area contributed by atoms with Crippen molar-refractivity contribution in [3.63, 3.8) is 0 Å². The minimum Gasteiger partial charge on any atom is -0.378 e. The van der Waals surface area contributed by atoms with Crippen molar-refractivity contribution in [1.29, 1.82) is 5.26 Å². The SMILES string of the molecule is Cc1ccc(NC(=O)/C(C#N)=C/c2ccccc2OS(=O)(=O)c2ccccc2)cc1. The van der Waals surface area contributed by atoms with E-state index >= 15 is 0 Å². The van der Waals surface area contributed by atoms with Crippen molar-refractivity contribution in [2.75, 3.05) is 5.32 Å². The lowest BCUT2D eigenvalue weighted by Gasteiger charge is -2.10. The lowest BCUT2D eigenvalue weighted by molar-refractivity contribution is -0.112. The Balaban J connectivity index is 1.88. The van der Waals surface area contributed by atoms with Crippen LogP contribution in [0.4, 0.5) is 5.69 Å². The van der Waals surface area contributed by atoms with E-state index in [1.54, 1.807) is 48.5 Å². The summed E-state index contributed by atoms with van der Waals surface area (Å²) in [6.07, 6.45) is 1.29. The van der Waals surface area contributed by atoms with E-state index in [0.717, 1.165) is 5.56 Å². The average Bonchev–Trinajstić information content (AvgIpc) is 2.75. The molecule has 0 aliphatic rings. The Morgan fingerprint density at radius 2 is 1.60 bits per heavy atom. The van der Waals surface area contributed by atoms with Crippen LogP contribution in [0, 0.1) is 18.3 Å². The largest absolute Gasteiger partial charge is 0.378 e. The predicted molar refractivity (Wildman–Crippen MR) is 114 cm³/mol. The molecule has 0 saturated heterocycles. The number of para-hydroxylation sites is 1. The first kappa shape index (κ1) is 20.8. The number of carbonyl (C=O) groups excluding carboxylic acids is 1. The van der Waals surface area contributed by atoms with Gasteiger partial charge in [0.15, 0.2) is 0 Å². The van der Waals surface area contributed by atoms with Crippen LogP contribution < -0.4 is 9.50 Å². The Kier molecular flexibility index (Phi) is 6.30. The number of nitrogens with zero attached hydrogens (tertiary/aromatic N) is 1. The van der Waals surface area contributed by atoms with Gasteiger partial charge in [-0.2, -0.15) is 13.7 Å². The van der Waals surface area contributed by atoms with Crippen molar-refractivity contribution in [1.82, 2.24) is 0 Å². The van der Waals surface area contributed by atoms with Gasteiger partial charge in [0.05, 0.1) is 0 Å². The summed E-state index contributed by atoms with van der Waals surface area (Å²) >= 11 is 0. The molecule has 0 bridgehead atoms. The van der Waals surface area contributed by atoms with Gasteiger partial charge in [-0.25, -0.2) is 0 Å². The highest BCUT2D eigenvalue weighted by Gasteiger charge is 2.18. The predicted octanol–water partition coefficient (Wildman–Crippen LogP) is 4.31. The highest BCUT2D eigenvalue weighted by Crippen LogP contribution is 2.25. The van der Waals surface area contributed by atoms with Gasteiger partial charge in [0, 0.05) is 11.3 Å². The van der Waals surface area contributed by atoms with E-state index in [0.29, 0.717) is 5.69 Å². The fourth-order valence-corrected chi connectivity index (χ4v) is 3.54. The van der Waals surface area contributed by atoms with Crippen LogP contribution in [-0.2, 0) is 14.9 Å². The van der Waals surface area contributed by atoms with Crippen LogP contribution in [0.25, 0.3) is 6.08 Å². The fraction of sp³-hybridized carbons (Fsp3) is 0.0435. The molecular formula is C23H18N2O4S. The van der Waals surface area contributed by atoms with Crippen LogP contribution >= 0.6 is 0 Å². The second-order valence-corrected chi connectivity index (χ2v) is 7.92. The number of nitrogens with one attached hydrogen (secondary N) is 1. The zero-order valence-electron chi connectivity index (χ0n) is 16.1. The van der Waals surface area contributed by atoms with E-state index in [1.165, 1.54) is 24.3 Å². The summed E-state index contributed by atoms with van der Waals surface area (Å²) in [6, 6.07) is 23.0. The first-order valence-corrected chi connectivity index (χ1v) is 10.4. The molecule has 150 valence electrons. The number of rotatable bonds is 6. The molecule has 0 unspecified atom stereocenters. The molecule has 0 radical (unpaired) electrons. The van der Waals surface area contributed by atoms with Crippen LogP contribution in [0.3, 0.4) is 0 Å². The Labute approximate surface area is 175 Å². The first-order valence-electron chi connectivity index (χ1n) is 8.97.